The number of nitrogens with one attached hydrogen (secondary N) is 2. The Kier molecular flexibility index (Phi) is 27.0. The van der Waals surface area contributed by atoms with E-state index in [9.17, 15) is 9.59 Å². The Bertz CT molecular complexity index is 563. The number of carbonyl (C=O) groups is 2. The first-order valence-corrected chi connectivity index (χ1v) is 14.1. The minimum Gasteiger partial charge on any atom is -0.598 e. The topological polar surface area (TPSA) is 121 Å². The van der Waals surface area contributed by atoms with Crippen LogP contribution < -0.4 is 20.4 Å². The summed E-state index contributed by atoms with van der Waals surface area (Å²) in [6, 6.07) is 0. The van der Waals surface area contributed by atoms with Crippen LogP contribution in [0.3, 0.4) is 0 Å². The third kappa shape index (κ3) is 34.5. The van der Waals surface area contributed by atoms with E-state index >= 15 is 0 Å². The highest BCUT2D eigenvalue weighted by Gasteiger charge is 2.14. The number of amides is 2. The maximum Gasteiger partial charge on any atom is 0.276 e. The predicted octanol–water partition coefficient (Wildman–Crippen LogP) is 2.26. The summed E-state index contributed by atoms with van der Waals surface area (Å²) in [6.07, 6.45) is 12.5. The second-order valence-electron chi connectivity index (χ2n) is 10.1. The van der Waals surface area contributed by atoms with Crippen LogP contribution >= 0.6 is 8.25 Å². The summed E-state index contributed by atoms with van der Waals surface area (Å²) >= 11 is 0. The second-order valence-corrected chi connectivity index (χ2v) is 10.5. The molecule has 0 rings (SSSR count). The molecule has 0 aliphatic heterocycles. The van der Waals surface area contributed by atoms with Crippen LogP contribution in [0, 0.1) is 0 Å². The van der Waals surface area contributed by atoms with Gasteiger partial charge in [0.25, 0.3) is 8.25 Å². The largest absolute Gasteiger partial charge is 0.598 e. The van der Waals surface area contributed by atoms with Crippen LogP contribution in [0.25, 0.3) is 0 Å². The molecule has 0 fully saturated rings. The molecule has 0 aromatic carbocycles. The van der Waals surface area contributed by atoms with E-state index in [0.717, 1.165) is 48.0 Å². The number of quaternary nitrogens is 2. The standard InChI is InChI=1S/2C13H26N2O.HO3P/c2*1-5-7-8-11-15(3,4)12-9-10-14-13(16)6-2;1-4(2)3/h2*6H,2,5,7-12H2,1,3-4H3;(H,1,2,3)/p+1. The van der Waals surface area contributed by atoms with Crippen molar-refractivity contribution in [2.45, 2.75) is 65.2 Å². The molecule has 9 nitrogen and oxygen atoms in total. The summed E-state index contributed by atoms with van der Waals surface area (Å²) in [5.41, 5.74) is 0. The molecule has 0 saturated carbocycles. The molecule has 0 aromatic rings. The van der Waals surface area contributed by atoms with E-state index in [1.54, 1.807) is 0 Å². The minimum absolute atomic E-state index is 0.0729. The third-order valence-electron chi connectivity index (χ3n) is 5.58. The molecule has 0 saturated heterocycles. The molecule has 0 unspecified atom stereocenters. The van der Waals surface area contributed by atoms with E-state index < -0.39 is 8.25 Å². The van der Waals surface area contributed by atoms with Gasteiger partial charge < -0.3 is 29.4 Å². The van der Waals surface area contributed by atoms with E-state index in [0.29, 0.717) is 0 Å². The Morgan fingerprint density at radius 2 is 0.972 bits per heavy atom. The smallest absolute Gasteiger partial charge is 0.276 e. The molecule has 2 N–H and O–H groups in total. The fourth-order valence-electron chi connectivity index (χ4n) is 3.38. The zero-order valence-corrected chi connectivity index (χ0v) is 24.7. The van der Waals surface area contributed by atoms with Crippen LogP contribution in [-0.2, 0) is 14.2 Å². The summed E-state index contributed by atoms with van der Waals surface area (Å²) < 4.78 is 10.6. The zero-order valence-electron chi connectivity index (χ0n) is 23.9. The first-order valence-electron chi connectivity index (χ1n) is 13.0. The number of hydrogen-bond acceptors (Lipinski definition) is 5. The van der Waals surface area contributed by atoms with Gasteiger partial charge in [-0.15, -0.1) is 0 Å². The van der Waals surface area contributed by atoms with Gasteiger partial charge in [-0.3, -0.25) is 9.59 Å². The molecule has 0 aliphatic rings. The SMILES string of the molecule is C=CC(=O)NCCC[N+](C)(C)CCCCC.C=CC(=O)NCCC[N+](C)(C)CCCCC.O=[P+]([O-])[O-]. The molecule has 212 valence electrons. The number of hydrogen-bond donors (Lipinski definition) is 2. The third-order valence-corrected chi connectivity index (χ3v) is 5.58. The van der Waals surface area contributed by atoms with Crippen LogP contribution in [-0.4, -0.2) is 88.2 Å². The van der Waals surface area contributed by atoms with Crippen molar-refractivity contribution in [1.29, 1.82) is 0 Å². The summed E-state index contributed by atoms with van der Waals surface area (Å²) in [4.78, 5) is 38.8. The number of nitrogens with zero attached hydrogens (tertiary/aromatic N) is 2. The lowest BCUT2D eigenvalue weighted by Crippen LogP contribution is -2.42. The van der Waals surface area contributed by atoms with E-state index in [2.05, 4.69) is 65.8 Å². The van der Waals surface area contributed by atoms with Crippen LogP contribution in [0.4, 0.5) is 0 Å². The van der Waals surface area contributed by atoms with Gasteiger partial charge in [0.05, 0.1) is 54.4 Å². The van der Waals surface area contributed by atoms with E-state index in [-0.39, 0.29) is 11.8 Å². The first-order chi connectivity index (χ1) is 16.8. The fraction of sp³-hybridized carbons (Fsp3) is 0.769. The van der Waals surface area contributed by atoms with Crippen LogP contribution in [0.15, 0.2) is 25.3 Å². The van der Waals surface area contributed by atoms with Crippen molar-refractivity contribution in [3.05, 3.63) is 25.3 Å². The van der Waals surface area contributed by atoms with Crippen molar-refractivity contribution >= 4 is 20.1 Å². The lowest BCUT2D eigenvalue weighted by Gasteiger charge is -2.29. The first kappa shape index (κ1) is 38.9. The average Bonchev–Trinajstić information content (AvgIpc) is 2.79. The molecular weight excluding hydrogens is 479 g/mol. The van der Waals surface area contributed by atoms with Crippen LogP contribution in [0.1, 0.15) is 65.2 Å². The Hall–Kier alpha value is -1.64. The quantitative estimate of drug-likeness (QED) is 0.121. The maximum atomic E-state index is 10.9. The van der Waals surface area contributed by atoms with Gasteiger partial charge in [0.2, 0.25) is 11.8 Å². The van der Waals surface area contributed by atoms with Crippen molar-refractivity contribution in [3.63, 3.8) is 0 Å². The van der Waals surface area contributed by atoms with Crippen molar-refractivity contribution in [2.75, 3.05) is 67.5 Å². The van der Waals surface area contributed by atoms with Gasteiger partial charge in [-0.25, -0.2) is 0 Å². The molecular formula is C26H54N4O5P+. The van der Waals surface area contributed by atoms with Crippen LogP contribution in [0.5, 0.6) is 0 Å². The lowest BCUT2D eigenvalue weighted by molar-refractivity contribution is -0.890. The molecule has 36 heavy (non-hydrogen) atoms. The minimum atomic E-state index is -3.37. The van der Waals surface area contributed by atoms with E-state index in [1.807, 2.05) is 0 Å². The second kappa shape index (κ2) is 25.0. The van der Waals surface area contributed by atoms with Crippen molar-refractivity contribution in [3.8, 4) is 0 Å². The Labute approximate surface area is 221 Å². The summed E-state index contributed by atoms with van der Waals surface area (Å²) in [5.74, 6) is -0.146. The lowest BCUT2D eigenvalue weighted by atomic mass is 10.2. The Balaban J connectivity index is -0.000000526. The van der Waals surface area contributed by atoms with Gasteiger partial charge in [0.15, 0.2) is 0 Å². The Morgan fingerprint density at radius 3 is 1.22 bits per heavy atom. The molecule has 0 radical (unpaired) electrons. The molecule has 0 heterocycles. The van der Waals surface area contributed by atoms with Crippen molar-refractivity contribution < 1.29 is 32.9 Å². The predicted molar refractivity (Wildman–Crippen MR) is 146 cm³/mol. The van der Waals surface area contributed by atoms with Gasteiger partial charge >= 0.3 is 0 Å². The average molecular weight is 534 g/mol. The number of carbonyl (C=O) groups excluding carboxylic acids is 2. The fourth-order valence-corrected chi connectivity index (χ4v) is 3.38. The molecule has 0 aliphatic carbocycles. The maximum absolute atomic E-state index is 10.9. The number of unbranched alkanes of at least 4 members (excludes halogenated alkanes) is 4. The van der Waals surface area contributed by atoms with E-state index in [1.165, 1.54) is 63.8 Å². The highest BCUT2D eigenvalue weighted by Crippen LogP contribution is 2.05. The molecule has 2 amide bonds. The van der Waals surface area contributed by atoms with Gasteiger partial charge in [-0.05, 0) is 37.8 Å². The van der Waals surface area contributed by atoms with Gasteiger partial charge in [0.1, 0.15) is 0 Å². The number of rotatable bonds is 18. The highest BCUT2D eigenvalue weighted by atomic mass is 31.1. The highest BCUT2D eigenvalue weighted by molar-refractivity contribution is 7.27. The van der Waals surface area contributed by atoms with E-state index in [4.69, 9.17) is 14.4 Å². The van der Waals surface area contributed by atoms with Crippen molar-refractivity contribution in [1.82, 2.24) is 10.6 Å². The van der Waals surface area contributed by atoms with Gasteiger partial charge in [0, 0.05) is 25.9 Å². The molecule has 0 atom stereocenters. The molecule has 0 aromatic heterocycles. The molecule has 10 heteroatoms. The van der Waals surface area contributed by atoms with Crippen LogP contribution in [0.2, 0.25) is 0 Å². The summed E-state index contributed by atoms with van der Waals surface area (Å²) in [6.45, 7) is 17.5. The molecule has 0 spiro atoms. The monoisotopic (exact) mass is 533 g/mol. The zero-order chi connectivity index (χ0) is 28.5. The Morgan fingerprint density at radius 1 is 0.694 bits per heavy atom. The van der Waals surface area contributed by atoms with Gasteiger partial charge in [-0.2, -0.15) is 0 Å². The van der Waals surface area contributed by atoms with Crippen molar-refractivity contribution in [2.24, 2.45) is 0 Å². The normalized spacial score (nSPS) is 10.7. The summed E-state index contributed by atoms with van der Waals surface area (Å²) in [7, 11) is 5.65. The summed E-state index contributed by atoms with van der Waals surface area (Å²) in [5, 5.41) is 5.61. The molecule has 0 bridgehead atoms. The van der Waals surface area contributed by atoms with Gasteiger partial charge in [-0.1, -0.05) is 44.4 Å².